The normalized spacial score (nSPS) is 16.9. The standard InChI is InChI=1S/C25H24F3N3O/c1-17-7-9-21-14-18(16-29-24(21)30-17)8-10-23(32)31-12-3-5-19(11-13-31)20-4-2-6-22(15-20)25(26,27)28/h2,4,6,8,10-11,14-16H,1,3,5,7,9,12-13H2,(H,29,30)/b10-8+. The van der Waals surface area contributed by atoms with Crippen LogP contribution in [0.25, 0.3) is 11.6 Å². The van der Waals surface area contributed by atoms with Crippen molar-refractivity contribution in [2.75, 3.05) is 18.4 Å². The molecule has 32 heavy (non-hydrogen) atoms. The topological polar surface area (TPSA) is 45.2 Å². The molecule has 3 heterocycles. The van der Waals surface area contributed by atoms with Crippen LogP contribution < -0.4 is 5.32 Å². The number of hydrogen-bond donors (Lipinski definition) is 1. The van der Waals surface area contributed by atoms with Crippen LogP contribution in [0.5, 0.6) is 0 Å². The number of allylic oxidation sites excluding steroid dienone is 2. The van der Waals surface area contributed by atoms with Gasteiger partial charge in [-0.15, -0.1) is 0 Å². The van der Waals surface area contributed by atoms with Gasteiger partial charge in [0.15, 0.2) is 0 Å². The van der Waals surface area contributed by atoms with Gasteiger partial charge < -0.3 is 10.2 Å². The molecule has 0 radical (unpaired) electrons. The number of hydrogen-bond acceptors (Lipinski definition) is 3. The van der Waals surface area contributed by atoms with Crippen LogP contribution in [0, 0.1) is 0 Å². The summed E-state index contributed by atoms with van der Waals surface area (Å²) >= 11 is 0. The van der Waals surface area contributed by atoms with Crippen LogP contribution in [0.3, 0.4) is 0 Å². The molecule has 0 unspecified atom stereocenters. The molecule has 0 spiro atoms. The number of alkyl halides is 3. The van der Waals surface area contributed by atoms with E-state index in [1.165, 1.54) is 18.2 Å². The summed E-state index contributed by atoms with van der Waals surface area (Å²) in [5.74, 6) is 0.681. The maximum absolute atomic E-state index is 13.0. The molecule has 0 saturated carbocycles. The molecule has 0 fully saturated rings. The van der Waals surface area contributed by atoms with Gasteiger partial charge in [0.1, 0.15) is 5.82 Å². The van der Waals surface area contributed by atoms with E-state index in [0.717, 1.165) is 47.1 Å². The maximum Gasteiger partial charge on any atom is 0.416 e. The molecule has 1 aromatic heterocycles. The molecule has 0 aliphatic carbocycles. The fourth-order valence-electron chi connectivity index (χ4n) is 3.94. The third kappa shape index (κ3) is 5.10. The van der Waals surface area contributed by atoms with E-state index in [0.29, 0.717) is 31.5 Å². The molecule has 0 bridgehead atoms. The molecular weight excluding hydrogens is 415 g/mol. The second kappa shape index (κ2) is 9.02. The predicted molar refractivity (Wildman–Crippen MR) is 120 cm³/mol. The van der Waals surface area contributed by atoms with Crippen molar-refractivity contribution in [1.29, 1.82) is 0 Å². The molecule has 1 aromatic carbocycles. The van der Waals surface area contributed by atoms with Crippen molar-refractivity contribution in [3.05, 3.63) is 83.2 Å². The number of amides is 1. The van der Waals surface area contributed by atoms with Crippen molar-refractivity contribution in [3.63, 3.8) is 0 Å². The summed E-state index contributed by atoms with van der Waals surface area (Å²) in [6.07, 6.45) is 5.51. The van der Waals surface area contributed by atoms with Crippen molar-refractivity contribution in [2.24, 2.45) is 0 Å². The Kier molecular flexibility index (Phi) is 6.17. The van der Waals surface area contributed by atoms with Crippen molar-refractivity contribution < 1.29 is 18.0 Å². The van der Waals surface area contributed by atoms with Crippen molar-refractivity contribution in [1.82, 2.24) is 9.88 Å². The van der Waals surface area contributed by atoms with Gasteiger partial charge in [-0.1, -0.05) is 24.8 Å². The zero-order valence-electron chi connectivity index (χ0n) is 17.6. The van der Waals surface area contributed by atoms with Crippen LogP contribution in [0.2, 0.25) is 0 Å². The van der Waals surface area contributed by atoms with Gasteiger partial charge in [0, 0.05) is 31.1 Å². The molecule has 2 aliphatic heterocycles. The lowest BCUT2D eigenvalue weighted by Gasteiger charge is -2.19. The number of nitrogens with zero attached hydrogens (tertiary/aromatic N) is 2. The van der Waals surface area contributed by atoms with Gasteiger partial charge in [-0.05, 0) is 72.2 Å². The minimum atomic E-state index is -4.37. The summed E-state index contributed by atoms with van der Waals surface area (Å²) in [6, 6.07) is 7.37. The van der Waals surface area contributed by atoms with Gasteiger partial charge in [-0.25, -0.2) is 4.98 Å². The fourth-order valence-corrected chi connectivity index (χ4v) is 3.94. The lowest BCUT2D eigenvalue weighted by atomic mass is 9.99. The number of nitrogens with one attached hydrogen (secondary N) is 1. The van der Waals surface area contributed by atoms with E-state index in [-0.39, 0.29) is 5.91 Å². The van der Waals surface area contributed by atoms with Gasteiger partial charge >= 0.3 is 6.18 Å². The van der Waals surface area contributed by atoms with E-state index >= 15 is 0 Å². The molecule has 4 rings (SSSR count). The van der Waals surface area contributed by atoms with E-state index in [2.05, 4.69) is 16.9 Å². The van der Waals surface area contributed by atoms with Crippen LogP contribution >= 0.6 is 0 Å². The zero-order chi connectivity index (χ0) is 22.7. The third-order valence-electron chi connectivity index (χ3n) is 5.70. The number of aryl methyl sites for hydroxylation is 1. The second-order valence-corrected chi connectivity index (χ2v) is 8.03. The Labute approximate surface area is 185 Å². The first-order valence-corrected chi connectivity index (χ1v) is 10.6. The minimum absolute atomic E-state index is 0.129. The first-order valence-electron chi connectivity index (χ1n) is 10.6. The number of benzene rings is 1. The quantitative estimate of drug-likeness (QED) is 0.625. The van der Waals surface area contributed by atoms with E-state index in [1.54, 1.807) is 23.2 Å². The minimum Gasteiger partial charge on any atom is -0.344 e. The number of carbonyl (C=O) groups is 1. The molecule has 2 aromatic rings. The predicted octanol–water partition coefficient (Wildman–Crippen LogP) is 5.69. The molecule has 1 amide bonds. The van der Waals surface area contributed by atoms with E-state index in [9.17, 15) is 18.0 Å². The summed E-state index contributed by atoms with van der Waals surface area (Å²) in [5, 5.41) is 3.17. The highest BCUT2D eigenvalue weighted by Gasteiger charge is 2.30. The van der Waals surface area contributed by atoms with Gasteiger partial charge in [0.05, 0.1) is 5.56 Å². The SMILES string of the molecule is C=C1CCc2cc(/C=C/C(=O)N3CC=C(c4cccc(C(F)(F)F)c4)CCC3)cnc2N1. The van der Waals surface area contributed by atoms with Crippen molar-refractivity contribution in [2.45, 2.75) is 31.9 Å². The Morgan fingerprint density at radius 2 is 2.03 bits per heavy atom. The van der Waals surface area contributed by atoms with Crippen molar-refractivity contribution >= 4 is 23.4 Å². The number of carbonyl (C=O) groups excluding carboxylic acids is 1. The summed E-state index contributed by atoms with van der Waals surface area (Å²) < 4.78 is 39.1. The highest BCUT2D eigenvalue weighted by atomic mass is 19.4. The highest BCUT2D eigenvalue weighted by Crippen LogP contribution is 2.32. The Balaban J connectivity index is 1.43. The smallest absolute Gasteiger partial charge is 0.344 e. The van der Waals surface area contributed by atoms with E-state index in [1.807, 2.05) is 12.1 Å². The second-order valence-electron chi connectivity index (χ2n) is 8.03. The van der Waals surface area contributed by atoms with Crippen LogP contribution in [0.15, 0.2) is 61.0 Å². The summed E-state index contributed by atoms with van der Waals surface area (Å²) in [7, 11) is 0. The van der Waals surface area contributed by atoms with Crippen LogP contribution in [0.4, 0.5) is 19.0 Å². The molecular formula is C25H24F3N3O. The monoisotopic (exact) mass is 439 g/mol. The number of aromatic nitrogens is 1. The molecule has 4 nitrogen and oxygen atoms in total. The fraction of sp³-hybridized carbons (Fsp3) is 0.280. The summed E-state index contributed by atoms with van der Waals surface area (Å²) in [4.78, 5) is 18.8. The lowest BCUT2D eigenvalue weighted by molar-refractivity contribution is -0.137. The van der Waals surface area contributed by atoms with Gasteiger partial charge in [-0.2, -0.15) is 13.2 Å². The molecule has 0 atom stereocenters. The van der Waals surface area contributed by atoms with Gasteiger partial charge in [0.2, 0.25) is 5.91 Å². The number of pyridine rings is 1. The number of halogens is 3. The van der Waals surface area contributed by atoms with Crippen LogP contribution in [-0.2, 0) is 17.4 Å². The largest absolute Gasteiger partial charge is 0.416 e. The Morgan fingerprint density at radius 3 is 2.84 bits per heavy atom. The number of fused-ring (bicyclic) bond motifs is 1. The van der Waals surface area contributed by atoms with E-state index in [4.69, 9.17) is 0 Å². The van der Waals surface area contributed by atoms with Crippen LogP contribution in [0.1, 0.15) is 41.5 Å². The molecule has 2 aliphatic rings. The Morgan fingerprint density at radius 1 is 1.19 bits per heavy atom. The maximum atomic E-state index is 13.0. The molecule has 1 N–H and O–H groups in total. The van der Waals surface area contributed by atoms with E-state index < -0.39 is 11.7 Å². The summed E-state index contributed by atoms with van der Waals surface area (Å²) in [5.41, 5.74) is 3.62. The highest BCUT2D eigenvalue weighted by molar-refractivity contribution is 5.92. The lowest BCUT2D eigenvalue weighted by Crippen LogP contribution is -2.29. The van der Waals surface area contributed by atoms with Gasteiger partial charge in [0.25, 0.3) is 0 Å². The average molecular weight is 439 g/mol. The third-order valence-corrected chi connectivity index (χ3v) is 5.70. The average Bonchev–Trinajstić information content (AvgIpc) is 3.03. The molecule has 166 valence electrons. The first-order chi connectivity index (χ1) is 15.3. The van der Waals surface area contributed by atoms with Gasteiger partial charge in [-0.3, -0.25) is 4.79 Å². The summed E-state index contributed by atoms with van der Waals surface area (Å²) in [6.45, 7) is 4.84. The Hall–Kier alpha value is -3.35. The number of anilines is 1. The Bertz CT molecular complexity index is 1100. The first kappa shape index (κ1) is 21.9. The molecule has 0 saturated heterocycles. The molecule has 7 heteroatoms. The van der Waals surface area contributed by atoms with Crippen molar-refractivity contribution in [3.8, 4) is 0 Å². The van der Waals surface area contributed by atoms with Crippen LogP contribution in [-0.4, -0.2) is 28.9 Å². The zero-order valence-corrected chi connectivity index (χ0v) is 17.6. The number of rotatable bonds is 3.